The minimum absolute atomic E-state index is 0.193. The van der Waals surface area contributed by atoms with Gasteiger partial charge in [-0.05, 0) is 31.7 Å². The maximum absolute atomic E-state index is 11.8. The SMILES string of the molecule is CC(CN)C(C)NC(=O)CCC1CCCCC1. The van der Waals surface area contributed by atoms with Gasteiger partial charge >= 0.3 is 0 Å². The highest BCUT2D eigenvalue weighted by molar-refractivity contribution is 5.76. The summed E-state index contributed by atoms with van der Waals surface area (Å²) >= 11 is 0. The van der Waals surface area contributed by atoms with Crippen molar-refractivity contribution in [1.82, 2.24) is 5.32 Å². The van der Waals surface area contributed by atoms with Gasteiger partial charge in [0, 0.05) is 12.5 Å². The Balaban J connectivity index is 2.15. The summed E-state index contributed by atoms with van der Waals surface area (Å²) in [6, 6.07) is 0.193. The summed E-state index contributed by atoms with van der Waals surface area (Å²) in [4.78, 5) is 11.8. The highest BCUT2D eigenvalue weighted by Crippen LogP contribution is 2.27. The van der Waals surface area contributed by atoms with Crippen LogP contribution in [0.5, 0.6) is 0 Å². The molecule has 0 aromatic heterocycles. The molecule has 0 heterocycles. The standard InChI is InChI=1S/C14H28N2O/c1-11(10-15)12(2)16-14(17)9-8-13-6-4-3-5-7-13/h11-13H,3-10,15H2,1-2H3,(H,16,17). The fraction of sp³-hybridized carbons (Fsp3) is 0.929. The van der Waals surface area contributed by atoms with Gasteiger partial charge in [-0.2, -0.15) is 0 Å². The number of rotatable bonds is 6. The van der Waals surface area contributed by atoms with Crippen molar-refractivity contribution in [1.29, 1.82) is 0 Å². The molecule has 3 nitrogen and oxygen atoms in total. The van der Waals surface area contributed by atoms with Crippen LogP contribution in [0.2, 0.25) is 0 Å². The number of nitrogens with two attached hydrogens (primary N) is 1. The van der Waals surface area contributed by atoms with E-state index in [0.29, 0.717) is 18.9 Å². The lowest BCUT2D eigenvalue weighted by atomic mass is 9.86. The van der Waals surface area contributed by atoms with Crippen molar-refractivity contribution in [2.45, 2.75) is 64.8 Å². The zero-order valence-corrected chi connectivity index (χ0v) is 11.4. The van der Waals surface area contributed by atoms with Gasteiger partial charge in [0.15, 0.2) is 0 Å². The summed E-state index contributed by atoms with van der Waals surface area (Å²) in [6.07, 6.45) is 8.49. The van der Waals surface area contributed by atoms with E-state index in [2.05, 4.69) is 12.2 Å². The lowest BCUT2D eigenvalue weighted by Gasteiger charge is -2.23. The third-order valence-electron chi connectivity index (χ3n) is 4.12. The van der Waals surface area contributed by atoms with Gasteiger partial charge in [-0.3, -0.25) is 4.79 Å². The third-order valence-corrected chi connectivity index (χ3v) is 4.12. The fourth-order valence-electron chi connectivity index (χ4n) is 2.48. The smallest absolute Gasteiger partial charge is 0.220 e. The molecule has 0 aromatic rings. The van der Waals surface area contributed by atoms with Gasteiger partial charge in [-0.1, -0.05) is 39.0 Å². The van der Waals surface area contributed by atoms with Crippen molar-refractivity contribution in [2.75, 3.05) is 6.54 Å². The Bertz CT molecular complexity index is 224. The molecular weight excluding hydrogens is 212 g/mol. The second-order valence-corrected chi connectivity index (χ2v) is 5.61. The van der Waals surface area contributed by atoms with Crippen LogP contribution < -0.4 is 11.1 Å². The van der Waals surface area contributed by atoms with E-state index in [-0.39, 0.29) is 11.9 Å². The Morgan fingerprint density at radius 3 is 2.53 bits per heavy atom. The molecule has 1 aliphatic rings. The molecule has 0 radical (unpaired) electrons. The molecule has 0 saturated heterocycles. The van der Waals surface area contributed by atoms with E-state index in [9.17, 15) is 4.79 Å². The van der Waals surface area contributed by atoms with Gasteiger partial charge in [-0.15, -0.1) is 0 Å². The van der Waals surface area contributed by atoms with Gasteiger partial charge in [0.2, 0.25) is 5.91 Å². The molecule has 100 valence electrons. The van der Waals surface area contributed by atoms with E-state index in [0.717, 1.165) is 12.3 Å². The molecule has 1 amide bonds. The summed E-state index contributed by atoms with van der Waals surface area (Å²) in [6.45, 7) is 4.74. The molecule has 2 unspecified atom stereocenters. The van der Waals surface area contributed by atoms with Gasteiger partial charge < -0.3 is 11.1 Å². The predicted molar refractivity (Wildman–Crippen MR) is 71.6 cm³/mol. The van der Waals surface area contributed by atoms with E-state index in [1.54, 1.807) is 0 Å². The average Bonchev–Trinajstić information content (AvgIpc) is 2.36. The normalized spacial score (nSPS) is 20.9. The number of hydrogen-bond acceptors (Lipinski definition) is 2. The minimum atomic E-state index is 0.193. The van der Waals surface area contributed by atoms with Crippen LogP contribution in [0.15, 0.2) is 0 Å². The van der Waals surface area contributed by atoms with Crippen molar-refractivity contribution in [3.8, 4) is 0 Å². The first-order valence-electron chi connectivity index (χ1n) is 7.13. The Labute approximate surface area is 106 Å². The van der Waals surface area contributed by atoms with E-state index >= 15 is 0 Å². The Morgan fingerprint density at radius 2 is 1.94 bits per heavy atom. The molecule has 0 aliphatic heterocycles. The van der Waals surface area contributed by atoms with Crippen LogP contribution >= 0.6 is 0 Å². The van der Waals surface area contributed by atoms with E-state index in [1.807, 2.05) is 6.92 Å². The minimum Gasteiger partial charge on any atom is -0.353 e. The van der Waals surface area contributed by atoms with Crippen molar-refractivity contribution in [2.24, 2.45) is 17.6 Å². The van der Waals surface area contributed by atoms with Crippen LogP contribution in [-0.4, -0.2) is 18.5 Å². The molecule has 1 saturated carbocycles. The highest BCUT2D eigenvalue weighted by Gasteiger charge is 2.17. The zero-order valence-electron chi connectivity index (χ0n) is 11.4. The predicted octanol–water partition coefficient (Wildman–Crippen LogP) is 2.45. The molecule has 0 aromatic carbocycles. The van der Waals surface area contributed by atoms with E-state index in [4.69, 9.17) is 5.73 Å². The molecule has 1 rings (SSSR count). The molecule has 1 aliphatic carbocycles. The van der Waals surface area contributed by atoms with Crippen LogP contribution in [0.4, 0.5) is 0 Å². The first-order chi connectivity index (χ1) is 8.13. The molecule has 1 fully saturated rings. The maximum Gasteiger partial charge on any atom is 0.220 e. The second kappa shape index (κ2) is 7.70. The summed E-state index contributed by atoms with van der Waals surface area (Å²) < 4.78 is 0. The Morgan fingerprint density at radius 1 is 1.29 bits per heavy atom. The van der Waals surface area contributed by atoms with Crippen LogP contribution in [-0.2, 0) is 4.79 Å². The molecule has 0 bridgehead atoms. The summed E-state index contributed by atoms with van der Waals surface area (Å²) in [7, 11) is 0. The van der Waals surface area contributed by atoms with Crippen molar-refractivity contribution < 1.29 is 4.79 Å². The molecule has 3 N–H and O–H groups in total. The van der Waals surface area contributed by atoms with Gasteiger partial charge in [0.25, 0.3) is 0 Å². The van der Waals surface area contributed by atoms with Crippen LogP contribution in [0.1, 0.15) is 58.8 Å². The van der Waals surface area contributed by atoms with Crippen LogP contribution in [0, 0.1) is 11.8 Å². The lowest BCUT2D eigenvalue weighted by Crippen LogP contribution is -2.39. The van der Waals surface area contributed by atoms with Crippen LogP contribution in [0.3, 0.4) is 0 Å². The monoisotopic (exact) mass is 240 g/mol. The molecule has 3 heteroatoms. The fourth-order valence-corrected chi connectivity index (χ4v) is 2.48. The summed E-state index contributed by atoms with van der Waals surface area (Å²) in [5, 5.41) is 3.05. The quantitative estimate of drug-likeness (QED) is 0.749. The van der Waals surface area contributed by atoms with Gasteiger partial charge in [-0.25, -0.2) is 0 Å². The molecular formula is C14H28N2O. The van der Waals surface area contributed by atoms with Crippen LogP contribution in [0.25, 0.3) is 0 Å². The van der Waals surface area contributed by atoms with Crippen molar-refractivity contribution >= 4 is 5.91 Å². The lowest BCUT2D eigenvalue weighted by molar-refractivity contribution is -0.122. The molecule has 0 spiro atoms. The number of carbonyl (C=O) groups is 1. The van der Waals surface area contributed by atoms with Gasteiger partial charge in [0.05, 0.1) is 0 Å². The Kier molecular flexibility index (Phi) is 6.56. The molecule has 2 atom stereocenters. The summed E-state index contributed by atoms with van der Waals surface area (Å²) in [5.41, 5.74) is 5.59. The van der Waals surface area contributed by atoms with E-state index in [1.165, 1.54) is 32.1 Å². The third kappa shape index (κ3) is 5.53. The summed E-state index contributed by atoms with van der Waals surface area (Å²) in [5.74, 6) is 1.34. The van der Waals surface area contributed by atoms with Crippen molar-refractivity contribution in [3.63, 3.8) is 0 Å². The zero-order chi connectivity index (χ0) is 12.7. The highest BCUT2D eigenvalue weighted by atomic mass is 16.1. The van der Waals surface area contributed by atoms with E-state index < -0.39 is 0 Å². The Hall–Kier alpha value is -0.570. The van der Waals surface area contributed by atoms with Gasteiger partial charge in [0.1, 0.15) is 0 Å². The first-order valence-corrected chi connectivity index (χ1v) is 7.13. The van der Waals surface area contributed by atoms with Crippen molar-refractivity contribution in [3.05, 3.63) is 0 Å². The second-order valence-electron chi connectivity index (χ2n) is 5.61. The largest absolute Gasteiger partial charge is 0.353 e. The maximum atomic E-state index is 11.8. The molecule has 17 heavy (non-hydrogen) atoms. The topological polar surface area (TPSA) is 55.1 Å². The number of nitrogens with one attached hydrogen (secondary N) is 1. The average molecular weight is 240 g/mol. The number of hydrogen-bond donors (Lipinski definition) is 2. The number of amides is 1. The number of carbonyl (C=O) groups excluding carboxylic acids is 1. The first kappa shape index (κ1) is 14.5.